The van der Waals surface area contributed by atoms with E-state index in [1.165, 1.54) is 7.11 Å². The largest absolute Gasteiger partial charge is 0.497 e. The van der Waals surface area contributed by atoms with E-state index in [4.69, 9.17) is 9.47 Å². The molecule has 0 bridgehead atoms. The van der Waals surface area contributed by atoms with E-state index in [1.54, 1.807) is 12.0 Å². The molecule has 1 heterocycles. The van der Waals surface area contributed by atoms with Crippen LogP contribution in [-0.4, -0.2) is 31.8 Å². The van der Waals surface area contributed by atoms with Gasteiger partial charge in [-0.15, -0.1) is 0 Å². The van der Waals surface area contributed by atoms with E-state index < -0.39 is 0 Å². The third-order valence-corrected chi connectivity index (χ3v) is 2.82. The number of ether oxygens (including phenoxy) is 2. The average Bonchev–Trinajstić information content (AvgIpc) is 2.87. The first kappa shape index (κ1) is 11.5. The van der Waals surface area contributed by atoms with E-state index in [1.807, 2.05) is 36.4 Å². The van der Waals surface area contributed by atoms with Crippen LogP contribution in [-0.2, 0) is 4.74 Å². The lowest BCUT2D eigenvalue weighted by Gasteiger charge is -2.23. The highest BCUT2D eigenvalue weighted by Crippen LogP contribution is 2.28. The molecule has 1 aliphatic rings. The van der Waals surface area contributed by atoms with Crippen LogP contribution in [0.15, 0.2) is 36.4 Å². The number of nitrogens with zero attached hydrogens (tertiary/aromatic N) is 1. The Labute approximate surface area is 100 Å². The van der Waals surface area contributed by atoms with Crippen molar-refractivity contribution in [2.75, 3.05) is 20.8 Å². The molecule has 0 aromatic heterocycles. The second-order valence-electron chi connectivity index (χ2n) is 3.77. The zero-order valence-corrected chi connectivity index (χ0v) is 9.92. The van der Waals surface area contributed by atoms with Crippen molar-refractivity contribution in [3.8, 4) is 5.75 Å². The highest BCUT2D eigenvalue weighted by atomic mass is 16.5. The van der Waals surface area contributed by atoms with Crippen molar-refractivity contribution in [2.45, 2.75) is 6.04 Å². The minimum atomic E-state index is -0.309. The number of methoxy groups -OCH3 is 2. The number of benzene rings is 1. The van der Waals surface area contributed by atoms with Crippen LogP contribution in [0.4, 0.5) is 4.79 Å². The summed E-state index contributed by atoms with van der Waals surface area (Å²) in [6.45, 7) is 0.587. The van der Waals surface area contributed by atoms with Gasteiger partial charge in [0.15, 0.2) is 0 Å². The Bertz CT molecular complexity index is 425. The van der Waals surface area contributed by atoms with E-state index in [0.717, 1.165) is 11.3 Å². The monoisotopic (exact) mass is 233 g/mol. The fraction of sp³-hybridized carbons (Fsp3) is 0.308. The van der Waals surface area contributed by atoms with Crippen LogP contribution < -0.4 is 4.74 Å². The highest BCUT2D eigenvalue weighted by molar-refractivity contribution is 5.69. The van der Waals surface area contributed by atoms with Gasteiger partial charge >= 0.3 is 6.09 Å². The normalized spacial score (nSPS) is 18.2. The standard InChI is InChI=1S/C13H15NO3/c1-16-11-7-5-10(6-8-11)12-4-3-9-14(12)13(15)17-2/h3-8,12H,9H2,1-2H3/t12-/m0/s1. The minimum absolute atomic E-state index is 0.0478. The summed E-state index contributed by atoms with van der Waals surface area (Å²) in [6.07, 6.45) is 3.65. The van der Waals surface area contributed by atoms with Gasteiger partial charge in [0.1, 0.15) is 5.75 Å². The van der Waals surface area contributed by atoms with Crippen molar-refractivity contribution in [2.24, 2.45) is 0 Å². The van der Waals surface area contributed by atoms with E-state index >= 15 is 0 Å². The summed E-state index contributed by atoms with van der Waals surface area (Å²) >= 11 is 0. The van der Waals surface area contributed by atoms with Crippen molar-refractivity contribution in [3.05, 3.63) is 42.0 Å². The van der Waals surface area contributed by atoms with Crippen molar-refractivity contribution in [1.29, 1.82) is 0 Å². The molecule has 0 radical (unpaired) electrons. The summed E-state index contributed by atoms with van der Waals surface area (Å²) in [5.74, 6) is 0.806. The molecule has 0 fully saturated rings. The molecule has 1 amide bonds. The van der Waals surface area contributed by atoms with Gasteiger partial charge in [-0.25, -0.2) is 4.79 Å². The molecule has 0 saturated carbocycles. The zero-order valence-electron chi connectivity index (χ0n) is 9.92. The van der Waals surface area contributed by atoms with Crippen molar-refractivity contribution < 1.29 is 14.3 Å². The van der Waals surface area contributed by atoms with Gasteiger partial charge < -0.3 is 9.47 Å². The maximum Gasteiger partial charge on any atom is 0.410 e. The lowest BCUT2D eigenvalue weighted by Crippen LogP contribution is -2.30. The predicted molar refractivity (Wildman–Crippen MR) is 64.0 cm³/mol. The number of hydrogen-bond donors (Lipinski definition) is 0. The fourth-order valence-electron chi connectivity index (χ4n) is 1.92. The van der Waals surface area contributed by atoms with E-state index in [9.17, 15) is 4.79 Å². The maximum absolute atomic E-state index is 11.6. The number of hydrogen-bond acceptors (Lipinski definition) is 3. The van der Waals surface area contributed by atoms with Crippen LogP contribution in [0.3, 0.4) is 0 Å². The van der Waals surface area contributed by atoms with Gasteiger partial charge in [0, 0.05) is 6.54 Å². The molecular formula is C13H15NO3. The number of carbonyl (C=O) groups is 1. The Morgan fingerprint density at radius 1 is 1.29 bits per heavy atom. The molecule has 0 aliphatic carbocycles. The van der Waals surface area contributed by atoms with Gasteiger partial charge in [0.25, 0.3) is 0 Å². The van der Waals surface area contributed by atoms with Crippen LogP contribution in [0.25, 0.3) is 0 Å². The lowest BCUT2D eigenvalue weighted by molar-refractivity contribution is 0.122. The van der Waals surface area contributed by atoms with E-state index in [-0.39, 0.29) is 12.1 Å². The summed E-state index contributed by atoms with van der Waals surface area (Å²) in [4.78, 5) is 13.2. The highest BCUT2D eigenvalue weighted by Gasteiger charge is 2.26. The van der Waals surface area contributed by atoms with Crippen LogP contribution >= 0.6 is 0 Å². The number of rotatable bonds is 2. The van der Waals surface area contributed by atoms with Crippen LogP contribution in [0.5, 0.6) is 5.75 Å². The van der Waals surface area contributed by atoms with E-state index in [0.29, 0.717) is 6.54 Å². The fourth-order valence-corrected chi connectivity index (χ4v) is 1.92. The molecule has 4 heteroatoms. The molecule has 0 spiro atoms. The van der Waals surface area contributed by atoms with Gasteiger partial charge in [0.05, 0.1) is 20.3 Å². The molecule has 1 aromatic rings. The molecular weight excluding hydrogens is 218 g/mol. The van der Waals surface area contributed by atoms with Crippen molar-refractivity contribution >= 4 is 6.09 Å². The Morgan fingerprint density at radius 2 is 2.00 bits per heavy atom. The van der Waals surface area contributed by atoms with Gasteiger partial charge in [-0.2, -0.15) is 0 Å². The van der Waals surface area contributed by atoms with Crippen LogP contribution in [0.1, 0.15) is 11.6 Å². The summed E-state index contributed by atoms with van der Waals surface area (Å²) in [5.41, 5.74) is 1.05. The van der Waals surface area contributed by atoms with Gasteiger partial charge in [0.2, 0.25) is 0 Å². The molecule has 0 unspecified atom stereocenters. The molecule has 1 aromatic carbocycles. The Balaban J connectivity index is 2.19. The molecule has 1 aliphatic heterocycles. The molecule has 4 nitrogen and oxygen atoms in total. The minimum Gasteiger partial charge on any atom is -0.497 e. The Hall–Kier alpha value is -1.97. The quantitative estimate of drug-likeness (QED) is 0.736. The summed E-state index contributed by atoms with van der Waals surface area (Å²) in [7, 11) is 3.02. The molecule has 0 N–H and O–H groups in total. The van der Waals surface area contributed by atoms with Crippen LogP contribution in [0.2, 0.25) is 0 Å². The summed E-state index contributed by atoms with van der Waals surface area (Å²) in [5, 5.41) is 0. The third kappa shape index (κ3) is 2.25. The van der Waals surface area contributed by atoms with Crippen molar-refractivity contribution in [1.82, 2.24) is 4.90 Å². The second-order valence-corrected chi connectivity index (χ2v) is 3.77. The molecule has 17 heavy (non-hydrogen) atoms. The lowest BCUT2D eigenvalue weighted by atomic mass is 10.1. The number of carbonyl (C=O) groups excluding carboxylic acids is 1. The Morgan fingerprint density at radius 3 is 2.59 bits per heavy atom. The first-order chi connectivity index (χ1) is 8.26. The zero-order chi connectivity index (χ0) is 12.3. The topological polar surface area (TPSA) is 38.8 Å². The summed E-state index contributed by atoms with van der Waals surface area (Å²) < 4.78 is 9.86. The average molecular weight is 233 g/mol. The van der Waals surface area contributed by atoms with Crippen LogP contribution in [0, 0.1) is 0 Å². The SMILES string of the molecule is COC(=O)N1CC=C[C@H]1c1ccc(OC)cc1. The van der Waals surface area contributed by atoms with Gasteiger partial charge in [-0.05, 0) is 17.7 Å². The van der Waals surface area contributed by atoms with E-state index in [2.05, 4.69) is 0 Å². The maximum atomic E-state index is 11.6. The Kier molecular flexibility index (Phi) is 3.32. The number of amides is 1. The molecule has 2 rings (SSSR count). The van der Waals surface area contributed by atoms with Gasteiger partial charge in [-0.3, -0.25) is 4.90 Å². The first-order valence-electron chi connectivity index (χ1n) is 5.41. The first-order valence-corrected chi connectivity index (χ1v) is 5.41. The van der Waals surface area contributed by atoms with Crippen molar-refractivity contribution in [3.63, 3.8) is 0 Å². The second kappa shape index (κ2) is 4.91. The molecule has 90 valence electrons. The summed E-state index contributed by atoms with van der Waals surface area (Å²) in [6, 6.07) is 7.63. The molecule has 1 atom stereocenters. The third-order valence-electron chi connectivity index (χ3n) is 2.82. The molecule has 0 saturated heterocycles. The van der Waals surface area contributed by atoms with Gasteiger partial charge in [-0.1, -0.05) is 24.3 Å². The predicted octanol–water partition coefficient (Wildman–Crippen LogP) is 2.37. The smallest absolute Gasteiger partial charge is 0.410 e.